The SMILES string of the molecule is CCC(CC)N1C[C@]23C=C[C@H](O2)[C@H](C(=O)N(C)Cc2cnn(C)c2)[C@H]3C1=O. The van der Waals surface area contributed by atoms with Crippen LogP contribution in [0.3, 0.4) is 0 Å². The van der Waals surface area contributed by atoms with Crippen molar-refractivity contribution in [3.05, 3.63) is 30.1 Å². The van der Waals surface area contributed by atoms with E-state index in [1.807, 2.05) is 30.3 Å². The number of carbonyl (C=O) groups excluding carboxylic acids is 2. The van der Waals surface area contributed by atoms with Crippen molar-refractivity contribution in [1.82, 2.24) is 19.6 Å². The van der Waals surface area contributed by atoms with Crippen molar-refractivity contribution in [2.45, 2.75) is 51.0 Å². The fourth-order valence-electron chi connectivity index (χ4n) is 5.01. The van der Waals surface area contributed by atoms with Crippen LogP contribution in [0.2, 0.25) is 0 Å². The van der Waals surface area contributed by atoms with E-state index in [0.29, 0.717) is 13.1 Å². The molecule has 146 valence electrons. The summed E-state index contributed by atoms with van der Waals surface area (Å²) in [5.74, 6) is -0.802. The maximum Gasteiger partial charge on any atom is 0.230 e. The zero-order valence-electron chi connectivity index (χ0n) is 16.5. The fraction of sp³-hybridized carbons (Fsp3) is 0.650. The Morgan fingerprint density at radius 3 is 2.81 bits per heavy atom. The van der Waals surface area contributed by atoms with Crippen molar-refractivity contribution in [3.8, 4) is 0 Å². The molecule has 2 amide bonds. The number of aromatic nitrogens is 2. The van der Waals surface area contributed by atoms with Crippen LogP contribution in [0.25, 0.3) is 0 Å². The molecule has 7 heteroatoms. The van der Waals surface area contributed by atoms with Crippen molar-refractivity contribution in [1.29, 1.82) is 0 Å². The molecule has 4 atom stereocenters. The number of amides is 2. The first-order valence-electron chi connectivity index (χ1n) is 9.80. The Kier molecular flexibility index (Phi) is 4.37. The second-order valence-electron chi connectivity index (χ2n) is 8.05. The monoisotopic (exact) mass is 372 g/mol. The molecular weight excluding hydrogens is 344 g/mol. The highest BCUT2D eigenvalue weighted by atomic mass is 16.5. The molecule has 2 fully saturated rings. The summed E-state index contributed by atoms with van der Waals surface area (Å²) in [6.07, 6.45) is 9.19. The van der Waals surface area contributed by atoms with Crippen molar-refractivity contribution in [3.63, 3.8) is 0 Å². The van der Waals surface area contributed by atoms with Crippen molar-refractivity contribution in [2.24, 2.45) is 18.9 Å². The second kappa shape index (κ2) is 6.48. The Labute approximate surface area is 159 Å². The topological polar surface area (TPSA) is 67.7 Å². The number of hydrogen-bond donors (Lipinski definition) is 0. The van der Waals surface area contributed by atoms with Gasteiger partial charge in [-0.15, -0.1) is 0 Å². The lowest BCUT2D eigenvalue weighted by atomic mass is 9.76. The zero-order chi connectivity index (χ0) is 19.3. The lowest BCUT2D eigenvalue weighted by molar-refractivity contribution is -0.143. The number of fused-ring (bicyclic) bond motifs is 1. The smallest absolute Gasteiger partial charge is 0.230 e. The van der Waals surface area contributed by atoms with E-state index in [-0.39, 0.29) is 24.0 Å². The Balaban J connectivity index is 1.56. The molecule has 4 rings (SSSR count). The van der Waals surface area contributed by atoms with Crippen LogP contribution in [-0.2, 0) is 27.9 Å². The Hall–Kier alpha value is -2.15. The molecule has 2 saturated heterocycles. The van der Waals surface area contributed by atoms with Crippen molar-refractivity contribution in [2.75, 3.05) is 13.6 Å². The van der Waals surface area contributed by atoms with Crippen LogP contribution in [0.1, 0.15) is 32.3 Å². The van der Waals surface area contributed by atoms with Crippen LogP contribution in [-0.4, -0.2) is 62.7 Å². The van der Waals surface area contributed by atoms with Gasteiger partial charge in [0.1, 0.15) is 5.60 Å². The average Bonchev–Trinajstić information content (AvgIpc) is 3.38. The zero-order valence-corrected chi connectivity index (χ0v) is 16.5. The fourth-order valence-corrected chi connectivity index (χ4v) is 5.01. The summed E-state index contributed by atoms with van der Waals surface area (Å²) in [7, 11) is 3.64. The number of hydrogen-bond acceptors (Lipinski definition) is 4. The quantitative estimate of drug-likeness (QED) is 0.707. The molecule has 3 aliphatic heterocycles. The minimum Gasteiger partial charge on any atom is -0.360 e. The van der Waals surface area contributed by atoms with E-state index in [4.69, 9.17) is 4.74 Å². The first kappa shape index (κ1) is 18.2. The van der Waals surface area contributed by atoms with Crippen molar-refractivity contribution >= 4 is 11.8 Å². The summed E-state index contributed by atoms with van der Waals surface area (Å²) < 4.78 is 7.95. The predicted octanol–water partition coefficient (Wildman–Crippen LogP) is 1.35. The average molecular weight is 372 g/mol. The first-order chi connectivity index (χ1) is 12.9. The van der Waals surface area contributed by atoms with Gasteiger partial charge in [0.25, 0.3) is 0 Å². The number of aryl methyl sites for hydroxylation is 1. The lowest BCUT2D eigenvalue weighted by Gasteiger charge is -2.29. The maximum atomic E-state index is 13.3. The van der Waals surface area contributed by atoms with E-state index in [2.05, 4.69) is 18.9 Å². The third-order valence-corrected chi connectivity index (χ3v) is 6.35. The summed E-state index contributed by atoms with van der Waals surface area (Å²) in [6.45, 7) is 5.24. The van der Waals surface area contributed by atoms with Gasteiger partial charge in [-0.2, -0.15) is 5.10 Å². The summed E-state index contributed by atoms with van der Waals surface area (Å²) in [6, 6.07) is 0.206. The molecule has 27 heavy (non-hydrogen) atoms. The van der Waals surface area contributed by atoms with Crippen LogP contribution in [0, 0.1) is 11.8 Å². The maximum absolute atomic E-state index is 13.3. The summed E-state index contributed by atoms with van der Waals surface area (Å²) in [5.41, 5.74) is 0.346. The minimum atomic E-state index is -0.625. The van der Waals surface area contributed by atoms with Gasteiger partial charge in [-0.25, -0.2) is 0 Å². The molecule has 1 spiro atoms. The summed E-state index contributed by atoms with van der Waals surface area (Å²) >= 11 is 0. The van der Waals surface area contributed by atoms with Crippen LogP contribution in [0.5, 0.6) is 0 Å². The molecule has 0 N–H and O–H groups in total. The van der Waals surface area contributed by atoms with E-state index < -0.39 is 17.4 Å². The standard InChI is InChI=1S/C20H28N4O3/c1-5-14(6-2)24-12-20-8-7-15(27-20)16(17(20)19(24)26)18(25)22(3)10-13-9-21-23(4)11-13/h7-9,11,14-17H,5-6,10,12H2,1-4H3/t15-,16-,17-,20-/m0/s1. The van der Waals surface area contributed by atoms with Gasteiger partial charge >= 0.3 is 0 Å². The van der Waals surface area contributed by atoms with E-state index >= 15 is 0 Å². The van der Waals surface area contributed by atoms with Gasteiger partial charge in [0.15, 0.2) is 0 Å². The van der Waals surface area contributed by atoms with Gasteiger partial charge in [0, 0.05) is 38.4 Å². The molecule has 3 aliphatic rings. The number of ether oxygens (including phenoxy) is 1. The van der Waals surface area contributed by atoms with E-state index in [1.165, 1.54) is 0 Å². The number of likely N-dealkylation sites (tertiary alicyclic amines) is 1. The van der Waals surface area contributed by atoms with E-state index in [1.54, 1.807) is 22.8 Å². The molecule has 0 aromatic carbocycles. The number of nitrogens with zero attached hydrogens (tertiary/aromatic N) is 4. The van der Waals surface area contributed by atoms with Gasteiger partial charge in [0.2, 0.25) is 11.8 Å². The predicted molar refractivity (Wildman–Crippen MR) is 99.5 cm³/mol. The Morgan fingerprint density at radius 2 is 2.19 bits per heavy atom. The van der Waals surface area contributed by atoms with Gasteiger partial charge in [0.05, 0.1) is 30.7 Å². The molecule has 0 unspecified atom stereocenters. The third kappa shape index (κ3) is 2.71. The van der Waals surface area contributed by atoms with Gasteiger partial charge in [-0.1, -0.05) is 26.0 Å². The third-order valence-electron chi connectivity index (χ3n) is 6.35. The van der Waals surface area contributed by atoms with Gasteiger partial charge in [-0.3, -0.25) is 14.3 Å². The van der Waals surface area contributed by atoms with Crippen LogP contribution in [0.4, 0.5) is 0 Å². The molecule has 2 bridgehead atoms. The molecule has 4 heterocycles. The van der Waals surface area contributed by atoms with Crippen LogP contribution >= 0.6 is 0 Å². The highest BCUT2D eigenvalue weighted by Crippen LogP contribution is 2.52. The molecule has 7 nitrogen and oxygen atoms in total. The Bertz CT molecular complexity index is 784. The first-order valence-corrected chi connectivity index (χ1v) is 9.80. The molecule has 1 aromatic rings. The summed E-state index contributed by atoms with van der Waals surface area (Å²) in [5, 5.41) is 4.16. The second-order valence-corrected chi connectivity index (χ2v) is 8.05. The van der Waals surface area contributed by atoms with Crippen LogP contribution < -0.4 is 0 Å². The minimum absolute atomic E-state index is 0.0279. The molecule has 0 radical (unpaired) electrons. The summed E-state index contributed by atoms with van der Waals surface area (Å²) in [4.78, 5) is 30.2. The highest BCUT2D eigenvalue weighted by Gasteiger charge is 2.67. The molecular formula is C20H28N4O3. The highest BCUT2D eigenvalue weighted by molar-refractivity contribution is 5.93. The van der Waals surface area contributed by atoms with E-state index in [0.717, 1.165) is 18.4 Å². The van der Waals surface area contributed by atoms with Crippen molar-refractivity contribution < 1.29 is 14.3 Å². The van der Waals surface area contributed by atoms with Crippen LogP contribution in [0.15, 0.2) is 24.5 Å². The molecule has 1 aromatic heterocycles. The lowest BCUT2D eigenvalue weighted by Crippen LogP contribution is -2.45. The number of carbonyl (C=O) groups is 2. The van der Waals surface area contributed by atoms with Gasteiger partial charge in [-0.05, 0) is 12.8 Å². The molecule has 0 aliphatic carbocycles. The molecule has 0 saturated carbocycles. The largest absolute Gasteiger partial charge is 0.360 e. The normalized spacial score (nSPS) is 31.2. The Morgan fingerprint density at radius 1 is 1.44 bits per heavy atom. The van der Waals surface area contributed by atoms with E-state index in [9.17, 15) is 9.59 Å². The number of rotatable bonds is 6. The van der Waals surface area contributed by atoms with Gasteiger partial charge < -0.3 is 14.5 Å².